The summed E-state index contributed by atoms with van der Waals surface area (Å²) in [6.45, 7) is 0.575. The number of nitrogens with one attached hydrogen (secondary N) is 1. The molecule has 0 spiro atoms. The van der Waals surface area contributed by atoms with Crippen LogP contribution in [0, 0.1) is 5.82 Å². The number of fused-ring (bicyclic) bond motifs is 1. The van der Waals surface area contributed by atoms with Gasteiger partial charge in [-0.15, -0.1) is 0 Å². The van der Waals surface area contributed by atoms with Crippen molar-refractivity contribution in [3.8, 4) is 5.75 Å². The predicted molar refractivity (Wildman–Crippen MR) is 99.9 cm³/mol. The molecular formula is C19H18FNO3S. The SMILES string of the molecule is Fc1ccccc1.O=S=CCCCOc1ccc2[nH]c(=O)ccc2c1. The number of hydrogen-bond acceptors (Lipinski definition) is 3. The molecule has 1 aromatic heterocycles. The first-order valence-corrected chi connectivity index (χ1v) is 8.56. The van der Waals surface area contributed by atoms with Crippen LogP contribution in [0.5, 0.6) is 5.75 Å². The third kappa shape index (κ3) is 6.73. The third-order valence-electron chi connectivity index (χ3n) is 3.23. The number of H-pyrrole nitrogens is 1. The van der Waals surface area contributed by atoms with Crippen molar-refractivity contribution in [1.82, 2.24) is 4.98 Å². The van der Waals surface area contributed by atoms with Crippen LogP contribution in [-0.2, 0) is 11.3 Å². The molecule has 0 aliphatic carbocycles. The number of aromatic nitrogens is 1. The molecule has 6 heteroatoms. The van der Waals surface area contributed by atoms with Crippen molar-refractivity contribution in [3.05, 3.63) is 76.8 Å². The van der Waals surface area contributed by atoms with Gasteiger partial charge in [-0.2, -0.15) is 0 Å². The largest absolute Gasteiger partial charge is 0.494 e. The third-order valence-corrected chi connectivity index (χ3v) is 3.60. The van der Waals surface area contributed by atoms with Crippen molar-refractivity contribution in [1.29, 1.82) is 0 Å². The maximum atomic E-state index is 11.9. The zero-order valence-corrected chi connectivity index (χ0v) is 14.3. The number of pyridine rings is 1. The Morgan fingerprint density at radius 3 is 2.56 bits per heavy atom. The van der Waals surface area contributed by atoms with Crippen molar-refractivity contribution in [2.24, 2.45) is 0 Å². The molecule has 4 nitrogen and oxygen atoms in total. The fraction of sp³-hybridized carbons (Fsp3) is 0.158. The summed E-state index contributed by atoms with van der Waals surface area (Å²) in [5.41, 5.74) is 0.688. The first-order chi connectivity index (χ1) is 12.2. The van der Waals surface area contributed by atoms with Crippen molar-refractivity contribution < 1.29 is 13.3 Å². The van der Waals surface area contributed by atoms with Crippen molar-refractivity contribution in [2.45, 2.75) is 12.8 Å². The van der Waals surface area contributed by atoms with Crippen LogP contribution in [-0.4, -0.2) is 21.2 Å². The van der Waals surface area contributed by atoms with Crippen LogP contribution < -0.4 is 10.3 Å². The number of aromatic amines is 1. The van der Waals surface area contributed by atoms with Gasteiger partial charge in [-0.05, 0) is 49.2 Å². The minimum absolute atomic E-state index is 0.109. The van der Waals surface area contributed by atoms with E-state index >= 15 is 0 Å². The van der Waals surface area contributed by atoms with Crippen LogP contribution in [0.4, 0.5) is 4.39 Å². The Morgan fingerprint density at radius 2 is 1.88 bits per heavy atom. The Labute approximate surface area is 148 Å². The van der Waals surface area contributed by atoms with Gasteiger partial charge < -0.3 is 9.72 Å². The molecule has 0 fully saturated rings. The average molecular weight is 359 g/mol. The molecule has 0 atom stereocenters. The molecule has 1 N–H and O–H groups in total. The highest BCUT2D eigenvalue weighted by molar-refractivity contribution is 7.64. The second-order valence-electron chi connectivity index (χ2n) is 5.12. The number of benzene rings is 2. The van der Waals surface area contributed by atoms with E-state index in [2.05, 4.69) is 4.98 Å². The molecule has 0 amide bonds. The lowest BCUT2D eigenvalue weighted by atomic mass is 10.2. The van der Waals surface area contributed by atoms with Gasteiger partial charge in [-0.1, -0.05) is 18.2 Å². The summed E-state index contributed by atoms with van der Waals surface area (Å²) in [4.78, 5) is 13.9. The van der Waals surface area contributed by atoms with Crippen LogP contribution in [0.15, 0.2) is 65.5 Å². The zero-order valence-electron chi connectivity index (χ0n) is 13.5. The molecular weight excluding hydrogens is 341 g/mol. The molecule has 3 aromatic rings. The molecule has 1 heterocycles. The van der Waals surface area contributed by atoms with Gasteiger partial charge in [0, 0.05) is 22.3 Å². The minimum atomic E-state index is -0.178. The second kappa shape index (κ2) is 10.2. The molecule has 0 unspecified atom stereocenters. The van der Waals surface area contributed by atoms with Crippen LogP contribution in [0.2, 0.25) is 0 Å². The monoisotopic (exact) mass is 359 g/mol. The number of rotatable bonds is 5. The smallest absolute Gasteiger partial charge is 0.248 e. The highest BCUT2D eigenvalue weighted by Crippen LogP contribution is 2.18. The summed E-state index contributed by atoms with van der Waals surface area (Å²) in [7, 11) is 0. The molecule has 130 valence electrons. The molecule has 0 radical (unpaired) electrons. The predicted octanol–water partition coefficient (Wildman–Crippen LogP) is 3.53. The highest BCUT2D eigenvalue weighted by Gasteiger charge is 1.98. The molecule has 25 heavy (non-hydrogen) atoms. The molecule has 0 saturated carbocycles. The van der Waals surface area contributed by atoms with Crippen molar-refractivity contribution >= 4 is 27.5 Å². The second-order valence-corrected chi connectivity index (χ2v) is 5.65. The van der Waals surface area contributed by atoms with E-state index < -0.39 is 0 Å². The van der Waals surface area contributed by atoms with Crippen LogP contribution in [0.3, 0.4) is 0 Å². The summed E-state index contributed by atoms with van der Waals surface area (Å²) in [6, 6.07) is 16.7. The van der Waals surface area contributed by atoms with Gasteiger partial charge in [-0.3, -0.25) is 4.79 Å². The van der Waals surface area contributed by atoms with Gasteiger partial charge in [0.15, 0.2) is 0 Å². The van der Waals surface area contributed by atoms with Gasteiger partial charge in [-0.25, -0.2) is 8.60 Å². The van der Waals surface area contributed by atoms with Crippen LogP contribution in [0.25, 0.3) is 10.9 Å². The number of unbranched alkanes of at least 4 members (excludes halogenated alkanes) is 1. The number of hydrogen-bond donors (Lipinski definition) is 1. The lowest BCUT2D eigenvalue weighted by Crippen LogP contribution is -2.02. The van der Waals surface area contributed by atoms with Gasteiger partial charge in [0.05, 0.1) is 17.9 Å². The maximum absolute atomic E-state index is 11.9. The van der Waals surface area contributed by atoms with Gasteiger partial charge in [0.2, 0.25) is 5.56 Å². The first kappa shape index (κ1) is 18.6. The van der Waals surface area contributed by atoms with Crippen molar-refractivity contribution in [3.63, 3.8) is 0 Å². The average Bonchev–Trinajstić information content (AvgIpc) is 2.63. The Bertz CT molecular complexity index is 905. The lowest BCUT2D eigenvalue weighted by molar-refractivity contribution is 0.314. The molecule has 3 rings (SSSR count). The molecule has 0 bridgehead atoms. The summed E-state index contributed by atoms with van der Waals surface area (Å²) in [5, 5.41) is 2.56. The quantitative estimate of drug-likeness (QED) is 0.560. The molecule has 0 saturated heterocycles. The number of ether oxygens (including phenoxy) is 1. The summed E-state index contributed by atoms with van der Waals surface area (Å²) in [5.74, 6) is 0.590. The molecule has 0 aliphatic rings. The van der Waals surface area contributed by atoms with E-state index in [-0.39, 0.29) is 11.4 Å². The van der Waals surface area contributed by atoms with E-state index in [1.807, 2.05) is 18.2 Å². The van der Waals surface area contributed by atoms with E-state index in [1.165, 1.54) is 18.2 Å². The fourth-order valence-electron chi connectivity index (χ4n) is 2.04. The van der Waals surface area contributed by atoms with E-state index in [0.29, 0.717) is 17.9 Å². The minimum Gasteiger partial charge on any atom is -0.494 e. The Balaban J connectivity index is 0.000000269. The van der Waals surface area contributed by atoms with Crippen molar-refractivity contribution in [2.75, 3.05) is 6.61 Å². The number of halogens is 1. The van der Waals surface area contributed by atoms with Crippen LogP contribution >= 0.6 is 0 Å². The Kier molecular flexibility index (Phi) is 7.59. The summed E-state index contributed by atoms with van der Waals surface area (Å²) in [6.07, 6.45) is 1.56. The van der Waals surface area contributed by atoms with E-state index in [0.717, 1.165) is 29.5 Å². The van der Waals surface area contributed by atoms with E-state index in [4.69, 9.17) is 4.74 Å². The standard InChI is InChI=1S/C13H13NO3S.C6H5F/c15-13-6-3-10-9-11(4-5-12(10)14-13)17-7-1-2-8-18-16;7-6-4-2-1-3-5-6/h3-6,8-9H,1-2,7H2,(H,14,15);1-5H. The molecule has 2 aromatic carbocycles. The highest BCUT2D eigenvalue weighted by atomic mass is 32.1. The zero-order chi connectivity index (χ0) is 17.9. The van der Waals surface area contributed by atoms with E-state index in [1.54, 1.807) is 29.6 Å². The summed E-state index contributed by atoms with van der Waals surface area (Å²) < 4.78 is 27.6. The summed E-state index contributed by atoms with van der Waals surface area (Å²) >= 11 is 0.487. The molecule has 0 aliphatic heterocycles. The van der Waals surface area contributed by atoms with Gasteiger partial charge >= 0.3 is 0 Å². The topological polar surface area (TPSA) is 59.2 Å². The van der Waals surface area contributed by atoms with Gasteiger partial charge in [0.25, 0.3) is 0 Å². The Hall–Kier alpha value is -2.73. The first-order valence-electron chi connectivity index (χ1n) is 7.76. The van der Waals surface area contributed by atoms with Crippen LogP contribution in [0.1, 0.15) is 12.8 Å². The fourth-order valence-corrected chi connectivity index (χ4v) is 2.30. The lowest BCUT2D eigenvalue weighted by Gasteiger charge is -2.06. The maximum Gasteiger partial charge on any atom is 0.248 e. The van der Waals surface area contributed by atoms with E-state index in [9.17, 15) is 13.4 Å². The normalized spacial score (nSPS) is 9.80. The Morgan fingerprint density at radius 1 is 1.08 bits per heavy atom. The van der Waals surface area contributed by atoms with Gasteiger partial charge in [0.1, 0.15) is 11.6 Å².